The summed E-state index contributed by atoms with van der Waals surface area (Å²) in [6.45, 7) is 20.4. The zero-order chi connectivity index (χ0) is 26.8. The number of ether oxygens (including phenoxy) is 2. The Balaban J connectivity index is 2.42. The number of benzene rings is 1. The lowest BCUT2D eigenvalue weighted by Gasteiger charge is -2.48. The van der Waals surface area contributed by atoms with Gasteiger partial charge < -0.3 is 23.4 Å². The number of aliphatic hydroxyl groups is 1. The SMILES string of the molecule is C=C(C)C[C@@H]1O[C@H](CO[Si](CC)(CC)CC)[C@@H](OCc2ccccc2)[C@H](O[Si](CC)(CC)CC)[C@H]1O. The van der Waals surface area contributed by atoms with Crippen molar-refractivity contribution in [2.45, 2.75) is 128 Å². The highest BCUT2D eigenvalue weighted by Crippen LogP contribution is 2.35. The van der Waals surface area contributed by atoms with E-state index in [-0.39, 0.29) is 12.2 Å². The molecule has 0 unspecified atom stereocenters. The lowest BCUT2D eigenvalue weighted by atomic mass is 9.92. The summed E-state index contributed by atoms with van der Waals surface area (Å²) in [5.41, 5.74) is 2.09. The van der Waals surface area contributed by atoms with E-state index in [2.05, 4.69) is 60.3 Å². The molecule has 0 spiro atoms. The second-order valence-electron chi connectivity index (χ2n) is 10.5. The van der Waals surface area contributed by atoms with Crippen LogP contribution in [0.4, 0.5) is 0 Å². The van der Waals surface area contributed by atoms with Crippen molar-refractivity contribution in [3.05, 3.63) is 48.0 Å². The molecule has 1 aliphatic heterocycles. The van der Waals surface area contributed by atoms with E-state index in [4.69, 9.17) is 18.3 Å². The largest absolute Gasteiger partial charge is 0.414 e. The van der Waals surface area contributed by atoms with Crippen LogP contribution in [0.2, 0.25) is 36.3 Å². The quantitative estimate of drug-likeness (QED) is 0.181. The Bertz CT molecular complexity index is 750. The standard InChI is InChI=1S/C29H52O5Si2/c1-9-35(10-2,11-3)32-22-26-28(31-21-24-18-16-15-17-19-24)29(34-36(12-4,13-5)14-6)27(30)25(33-26)20-23(7)8/h15-19,25-30H,7,9-14,20-22H2,1-6,8H3/t25-,26+,27-,28+,29+/m0/s1. The molecule has 1 N–H and O–H groups in total. The molecule has 1 aromatic carbocycles. The molecule has 0 saturated carbocycles. The van der Waals surface area contributed by atoms with Crippen LogP contribution in [0, 0.1) is 0 Å². The number of hydrogen-bond acceptors (Lipinski definition) is 5. The molecule has 1 fully saturated rings. The van der Waals surface area contributed by atoms with Gasteiger partial charge in [0.1, 0.15) is 24.4 Å². The van der Waals surface area contributed by atoms with Crippen molar-refractivity contribution in [3.63, 3.8) is 0 Å². The van der Waals surface area contributed by atoms with Gasteiger partial charge >= 0.3 is 0 Å². The summed E-state index contributed by atoms with van der Waals surface area (Å²) in [6.07, 6.45) is -1.72. The van der Waals surface area contributed by atoms with Crippen LogP contribution < -0.4 is 0 Å². The number of hydrogen-bond donors (Lipinski definition) is 1. The van der Waals surface area contributed by atoms with Crippen molar-refractivity contribution in [3.8, 4) is 0 Å². The fourth-order valence-electron chi connectivity index (χ4n) is 5.36. The van der Waals surface area contributed by atoms with Crippen LogP contribution in [-0.4, -0.2) is 58.9 Å². The summed E-state index contributed by atoms with van der Waals surface area (Å²) in [5, 5.41) is 11.6. The summed E-state index contributed by atoms with van der Waals surface area (Å²) in [5.74, 6) is 0. The van der Waals surface area contributed by atoms with Crippen LogP contribution in [-0.2, 0) is 24.9 Å². The molecule has 206 valence electrons. The Morgan fingerprint density at radius 3 is 1.92 bits per heavy atom. The van der Waals surface area contributed by atoms with Crippen LogP contribution in [0.25, 0.3) is 0 Å². The second-order valence-corrected chi connectivity index (χ2v) is 20.0. The van der Waals surface area contributed by atoms with Gasteiger partial charge in [-0.15, -0.1) is 6.58 Å². The van der Waals surface area contributed by atoms with E-state index in [0.29, 0.717) is 19.6 Å². The van der Waals surface area contributed by atoms with Crippen LogP contribution in [0.5, 0.6) is 0 Å². The Hall–Kier alpha value is -0.806. The van der Waals surface area contributed by atoms with Crippen molar-refractivity contribution in [1.82, 2.24) is 0 Å². The summed E-state index contributed by atoms with van der Waals surface area (Å²) in [6, 6.07) is 16.5. The Morgan fingerprint density at radius 2 is 1.42 bits per heavy atom. The highest BCUT2D eigenvalue weighted by molar-refractivity contribution is 6.74. The topological polar surface area (TPSA) is 57.2 Å². The molecule has 0 aromatic heterocycles. The lowest BCUT2D eigenvalue weighted by Crippen LogP contribution is -2.63. The maximum absolute atomic E-state index is 11.6. The van der Waals surface area contributed by atoms with Crippen molar-refractivity contribution >= 4 is 16.6 Å². The molecule has 0 amide bonds. The zero-order valence-electron chi connectivity index (χ0n) is 23.9. The fraction of sp³-hybridized carbons (Fsp3) is 0.724. The summed E-state index contributed by atoms with van der Waals surface area (Å²) in [7, 11) is -3.85. The molecule has 1 aromatic rings. The summed E-state index contributed by atoms with van der Waals surface area (Å²) in [4.78, 5) is 0. The highest BCUT2D eigenvalue weighted by Gasteiger charge is 2.50. The van der Waals surface area contributed by atoms with Crippen LogP contribution in [0.15, 0.2) is 42.5 Å². The Kier molecular flexibility index (Phi) is 13.0. The lowest BCUT2D eigenvalue weighted by molar-refractivity contribution is -0.238. The summed E-state index contributed by atoms with van der Waals surface area (Å²) < 4.78 is 26.9. The van der Waals surface area contributed by atoms with Crippen molar-refractivity contribution in [1.29, 1.82) is 0 Å². The maximum Gasteiger partial charge on any atom is 0.192 e. The zero-order valence-corrected chi connectivity index (χ0v) is 25.9. The van der Waals surface area contributed by atoms with E-state index in [1.54, 1.807) is 0 Å². The molecule has 0 radical (unpaired) electrons. The van der Waals surface area contributed by atoms with Gasteiger partial charge in [-0.3, -0.25) is 0 Å². The normalized spacial score (nSPS) is 25.2. The van der Waals surface area contributed by atoms with E-state index in [1.165, 1.54) is 0 Å². The molecule has 5 nitrogen and oxygen atoms in total. The third-order valence-electron chi connectivity index (χ3n) is 8.40. The van der Waals surface area contributed by atoms with Crippen LogP contribution >= 0.6 is 0 Å². The van der Waals surface area contributed by atoms with Gasteiger partial charge in [0.2, 0.25) is 0 Å². The van der Waals surface area contributed by atoms with Crippen LogP contribution in [0.3, 0.4) is 0 Å². The maximum atomic E-state index is 11.6. The predicted octanol–water partition coefficient (Wildman–Crippen LogP) is 7.08. The van der Waals surface area contributed by atoms with Gasteiger partial charge in [0, 0.05) is 0 Å². The first-order chi connectivity index (χ1) is 17.2. The van der Waals surface area contributed by atoms with Crippen molar-refractivity contribution in [2.75, 3.05) is 6.61 Å². The number of aliphatic hydroxyl groups excluding tert-OH is 1. The van der Waals surface area contributed by atoms with Gasteiger partial charge in [0.15, 0.2) is 16.6 Å². The molecular formula is C29H52O5Si2. The van der Waals surface area contributed by atoms with Gasteiger partial charge in [0.25, 0.3) is 0 Å². The first-order valence-electron chi connectivity index (χ1n) is 14.2. The van der Waals surface area contributed by atoms with Gasteiger partial charge in [-0.2, -0.15) is 0 Å². The van der Waals surface area contributed by atoms with Crippen molar-refractivity contribution in [2.24, 2.45) is 0 Å². The van der Waals surface area contributed by atoms with Gasteiger partial charge in [-0.05, 0) is 55.2 Å². The van der Waals surface area contributed by atoms with E-state index in [0.717, 1.165) is 47.4 Å². The monoisotopic (exact) mass is 536 g/mol. The minimum Gasteiger partial charge on any atom is -0.414 e. The molecule has 2 rings (SSSR count). The predicted molar refractivity (Wildman–Crippen MR) is 154 cm³/mol. The first kappa shape index (κ1) is 31.4. The Morgan fingerprint density at radius 1 is 0.861 bits per heavy atom. The van der Waals surface area contributed by atoms with E-state index < -0.39 is 34.9 Å². The number of rotatable bonds is 16. The van der Waals surface area contributed by atoms with Gasteiger partial charge in [-0.25, -0.2) is 0 Å². The van der Waals surface area contributed by atoms with E-state index in [9.17, 15) is 5.11 Å². The molecule has 1 heterocycles. The highest BCUT2D eigenvalue weighted by atomic mass is 28.4. The molecule has 0 aliphatic carbocycles. The third kappa shape index (κ3) is 8.09. The molecule has 5 atom stereocenters. The average Bonchev–Trinajstić information content (AvgIpc) is 2.90. The van der Waals surface area contributed by atoms with Gasteiger partial charge in [-0.1, -0.05) is 77.4 Å². The minimum atomic E-state index is -2.03. The van der Waals surface area contributed by atoms with Crippen LogP contribution in [0.1, 0.15) is 60.5 Å². The molecule has 1 aliphatic rings. The van der Waals surface area contributed by atoms with Gasteiger partial charge in [0.05, 0.1) is 19.3 Å². The molecule has 1 saturated heterocycles. The van der Waals surface area contributed by atoms with E-state index >= 15 is 0 Å². The van der Waals surface area contributed by atoms with E-state index in [1.807, 2.05) is 25.1 Å². The third-order valence-corrected chi connectivity index (χ3v) is 17.7. The minimum absolute atomic E-state index is 0.305. The molecule has 36 heavy (non-hydrogen) atoms. The second kappa shape index (κ2) is 15.0. The molecular weight excluding hydrogens is 484 g/mol. The molecule has 0 bridgehead atoms. The average molecular weight is 537 g/mol. The first-order valence-corrected chi connectivity index (χ1v) is 19.2. The fourth-order valence-corrected chi connectivity index (χ4v) is 10.8. The smallest absolute Gasteiger partial charge is 0.192 e. The summed E-state index contributed by atoms with van der Waals surface area (Å²) >= 11 is 0. The Labute approximate surface area is 222 Å². The van der Waals surface area contributed by atoms with Crippen molar-refractivity contribution < 1.29 is 23.4 Å². The molecule has 7 heteroatoms.